The van der Waals surface area contributed by atoms with E-state index in [4.69, 9.17) is 11.6 Å². The number of hydrogen-bond donors (Lipinski definition) is 1. The Morgan fingerprint density at radius 2 is 1.75 bits per heavy atom. The van der Waals surface area contributed by atoms with Crippen LogP contribution in [0.25, 0.3) is 0 Å². The summed E-state index contributed by atoms with van der Waals surface area (Å²) in [6.07, 6.45) is 0. The fourth-order valence-corrected chi connectivity index (χ4v) is 2.23. The molecule has 0 heterocycles. The van der Waals surface area contributed by atoms with E-state index in [1.165, 1.54) is 17.9 Å². The topological polar surface area (TPSA) is 49.4 Å². The molecule has 0 aliphatic heterocycles. The van der Waals surface area contributed by atoms with E-state index >= 15 is 0 Å². The molecule has 0 aromatic heterocycles. The molecule has 0 spiro atoms. The summed E-state index contributed by atoms with van der Waals surface area (Å²) in [7, 11) is 0. The summed E-state index contributed by atoms with van der Waals surface area (Å²) < 4.78 is 26.3. The zero-order valence-corrected chi connectivity index (χ0v) is 13.6. The molecule has 2 aromatic carbocycles. The van der Waals surface area contributed by atoms with Crippen LogP contribution in [0.3, 0.4) is 0 Å². The van der Waals surface area contributed by atoms with Crippen molar-refractivity contribution >= 4 is 29.1 Å². The first-order valence-corrected chi connectivity index (χ1v) is 7.53. The van der Waals surface area contributed by atoms with Crippen LogP contribution in [0.2, 0.25) is 5.02 Å². The first-order chi connectivity index (χ1) is 11.4. The Kier molecular flexibility index (Phi) is 5.87. The van der Waals surface area contributed by atoms with Crippen molar-refractivity contribution in [1.82, 2.24) is 5.32 Å². The maximum absolute atomic E-state index is 13.3. The van der Waals surface area contributed by atoms with E-state index in [9.17, 15) is 18.4 Å². The number of carbonyl (C=O) groups is 2. The van der Waals surface area contributed by atoms with Crippen molar-refractivity contribution in [1.29, 1.82) is 0 Å². The lowest BCUT2D eigenvalue weighted by molar-refractivity contribution is -0.116. The van der Waals surface area contributed by atoms with Crippen LogP contribution >= 0.6 is 11.6 Å². The summed E-state index contributed by atoms with van der Waals surface area (Å²) in [6.45, 7) is 1.59. The van der Waals surface area contributed by atoms with E-state index in [1.54, 1.807) is 24.3 Å². The number of hydrogen-bond acceptors (Lipinski definition) is 2. The third-order valence-electron chi connectivity index (χ3n) is 3.32. The van der Waals surface area contributed by atoms with Crippen LogP contribution in [-0.4, -0.2) is 24.9 Å². The minimum Gasteiger partial charge on any atom is -0.350 e. The average Bonchev–Trinajstić information content (AvgIpc) is 2.54. The highest BCUT2D eigenvalue weighted by molar-refractivity contribution is 6.30. The van der Waals surface area contributed by atoms with Gasteiger partial charge in [0.25, 0.3) is 5.91 Å². The molecule has 7 heteroatoms. The molecule has 2 aromatic rings. The molecule has 0 saturated heterocycles. The SMILES string of the molecule is CC(=O)N(CCNC(=O)c1ccc(Cl)cc1)c1ccc(F)c(F)c1. The molecule has 24 heavy (non-hydrogen) atoms. The number of rotatable bonds is 5. The number of nitrogens with one attached hydrogen (secondary N) is 1. The highest BCUT2D eigenvalue weighted by atomic mass is 35.5. The molecule has 0 radical (unpaired) electrons. The largest absolute Gasteiger partial charge is 0.350 e. The fraction of sp³-hybridized carbons (Fsp3) is 0.176. The van der Waals surface area contributed by atoms with Gasteiger partial charge in [0, 0.05) is 42.4 Å². The molecule has 0 unspecified atom stereocenters. The van der Waals surface area contributed by atoms with E-state index in [0.29, 0.717) is 10.6 Å². The summed E-state index contributed by atoms with van der Waals surface area (Å²) in [5.41, 5.74) is 0.656. The molecule has 2 rings (SSSR count). The highest BCUT2D eigenvalue weighted by Crippen LogP contribution is 2.18. The van der Waals surface area contributed by atoms with E-state index in [-0.39, 0.29) is 30.6 Å². The molecule has 1 N–H and O–H groups in total. The normalized spacial score (nSPS) is 10.3. The zero-order valence-electron chi connectivity index (χ0n) is 12.9. The second-order valence-corrected chi connectivity index (χ2v) is 5.47. The summed E-state index contributed by atoms with van der Waals surface area (Å²) in [5.74, 6) is -2.69. The van der Waals surface area contributed by atoms with Crippen molar-refractivity contribution in [3.05, 3.63) is 64.7 Å². The molecule has 126 valence electrons. The number of nitrogens with zero attached hydrogens (tertiary/aromatic N) is 1. The predicted molar refractivity (Wildman–Crippen MR) is 88.2 cm³/mol. The van der Waals surface area contributed by atoms with E-state index in [0.717, 1.165) is 12.1 Å². The van der Waals surface area contributed by atoms with Crippen molar-refractivity contribution in [2.75, 3.05) is 18.0 Å². The summed E-state index contributed by atoms with van der Waals surface area (Å²) >= 11 is 5.76. The predicted octanol–water partition coefficient (Wildman–Crippen LogP) is 3.40. The van der Waals surface area contributed by atoms with Gasteiger partial charge in [0.05, 0.1) is 0 Å². The van der Waals surface area contributed by atoms with Gasteiger partial charge in [0.15, 0.2) is 11.6 Å². The second kappa shape index (κ2) is 7.88. The van der Waals surface area contributed by atoms with Gasteiger partial charge >= 0.3 is 0 Å². The van der Waals surface area contributed by atoms with Gasteiger partial charge in [-0.2, -0.15) is 0 Å². The van der Waals surface area contributed by atoms with E-state index in [1.807, 2.05) is 0 Å². The second-order valence-electron chi connectivity index (χ2n) is 5.03. The molecule has 0 saturated carbocycles. The quantitative estimate of drug-likeness (QED) is 0.896. The Morgan fingerprint density at radius 1 is 1.08 bits per heavy atom. The molecule has 0 fully saturated rings. The van der Waals surface area contributed by atoms with Crippen molar-refractivity contribution in [2.45, 2.75) is 6.92 Å². The Labute approximate surface area is 143 Å². The van der Waals surface area contributed by atoms with E-state index < -0.39 is 11.6 Å². The van der Waals surface area contributed by atoms with Crippen LogP contribution in [0, 0.1) is 11.6 Å². The summed E-state index contributed by atoms with van der Waals surface area (Å²) in [4.78, 5) is 24.9. The third-order valence-corrected chi connectivity index (χ3v) is 3.57. The Morgan fingerprint density at radius 3 is 2.33 bits per heavy atom. The lowest BCUT2D eigenvalue weighted by Crippen LogP contribution is -2.37. The smallest absolute Gasteiger partial charge is 0.251 e. The standard InChI is InChI=1S/C17H15ClF2N2O2/c1-11(23)22(14-6-7-15(19)16(20)10-14)9-8-21-17(24)12-2-4-13(18)5-3-12/h2-7,10H,8-9H2,1H3,(H,21,24). The number of carbonyl (C=O) groups excluding carboxylic acids is 2. The van der Waals surface area contributed by atoms with Crippen LogP contribution in [0.15, 0.2) is 42.5 Å². The Bertz CT molecular complexity index is 751. The number of amides is 2. The molecule has 0 bridgehead atoms. The fourth-order valence-electron chi connectivity index (χ4n) is 2.11. The number of benzene rings is 2. The van der Waals surface area contributed by atoms with Crippen LogP contribution in [-0.2, 0) is 4.79 Å². The number of anilines is 1. The molecule has 0 aliphatic rings. The molecule has 0 aliphatic carbocycles. The third kappa shape index (κ3) is 4.52. The zero-order chi connectivity index (χ0) is 17.7. The van der Waals surface area contributed by atoms with E-state index in [2.05, 4.69) is 5.32 Å². The molecular weight excluding hydrogens is 338 g/mol. The number of halogens is 3. The summed E-state index contributed by atoms with van der Waals surface area (Å²) in [5, 5.41) is 3.18. The lowest BCUT2D eigenvalue weighted by Gasteiger charge is -2.21. The van der Waals surface area contributed by atoms with Crippen LogP contribution in [0.1, 0.15) is 17.3 Å². The van der Waals surface area contributed by atoms with Gasteiger partial charge < -0.3 is 10.2 Å². The minimum atomic E-state index is -1.04. The van der Waals surface area contributed by atoms with Gasteiger partial charge in [-0.15, -0.1) is 0 Å². The molecule has 2 amide bonds. The maximum atomic E-state index is 13.3. The highest BCUT2D eigenvalue weighted by Gasteiger charge is 2.14. The average molecular weight is 353 g/mol. The maximum Gasteiger partial charge on any atom is 0.251 e. The van der Waals surface area contributed by atoms with Gasteiger partial charge in [-0.25, -0.2) is 8.78 Å². The molecule has 4 nitrogen and oxygen atoms in total. The van der Waals surface area contributed by atoms with Crippen molar-refractivity contribution in [3.8, 4) is 0 Å². The monoisotopic (exact) mass is 352 g/mol. The van der Waals surface area contributed by atoms with Crippen LogP contribution in [0.4, 0.5) is 14.5 Å². The van der Waals surface area contributed by atoms with Gasteiger partial charge in [0.1, 0.15) is 0 Å². The van der Waals surface area contributed by atoms with Crippen molar-refractivity contribution in [2.24, 2.45) is 0 Å². The Balaban J connectivity index is 1.99. The van der Waals surface area contributed by atoms with Crippen LogP contribution < -0.4 is 10.2 Å². The van der Waals surface area contributed by atoms with Crippen molar-refractivity contribution in [3.63, 3.8) is 0 Å². The van der Waals surface area contributed by atoms with Gasteiger partial charge in [0.2, 0.25) is 5.91 Å². The van der Waals surface area contributed by atoms with Gasteiger partial charge in [-0.3, -0.25) is 9.59 Å². The molecular formula is C17H15ClF2N2O2. The molecule has 0 atom stereocenters. The van der Waals surface area contributed by atoms with Crippen molar-refractivity contribution < 1.29 is 18.4 Å². The first kappa shape index (κ1) is 17.9. The minimum absolute atomic E-state index is 0.125. The van der Waals surface area contributed by atoms with Gasteiger partial charge in [-0.05, 0) is 36.4 Å². The first-order valence-electron chi connectivity index (χ1n) is 7.15. The lowest BCUT2D eigenvalue weighted by atomic mass is 10.2. The van der Waals surface area contributed by atoms with Crippen LogP contribution in [0.5, 0.6) is 0 Å². The Hall–Kier alpha value is -2.47. The van der Waals surface area contributed by atoms with Gasteiger partial charge in [-0.1, -0.05) is 11.6 Å². The summed E-state index contributed by atoms with van der Waals surface area (Å²) in [6, 6.07) is 9.55.